The molecule has 5 nitrogen and oxygen atoms in total. The van der Waals surface area contributed by atoms with E-state index in [1.165, 1.54) is 25.3 Å². The molecule has 132 valence electrons. The number of methoxy groups -OCH3 is 2. The average molecular weight is 345 g/mol. The van der Waals surface area contributed by atoms with Gasteiger partial charge in [-0.15, -0.1) is 0 Å². The van der Waals surface area contributed by atoms with Crippen molar-refractivity contribution in [3.63, 3.8) is 0 Å². The van der Waals surface area contributed by atoms with E-state index in [0.29, 0.717) is 12.2 Å². The number of amides is 1. The summed E-state index contributed by atoms with van der Waals surface area (Å²) in [5, 5.41) is 0. The fraction of sp³-hybridized carbons (Fsp3) is 0.500. The van der Waals surface area contributed by atoms with Crippen LogP contribution in [0.25, 0.3) is 0 Å². The Labute approximate surface area is 137 Å². The lowest BCUT2D eigenvalue weighted by atomic mass is 9.91. The maximum Gasteiger partial charge on any atom is 0.404 e. The van der Waals surface area contributed by atoms with Crippen molar-refractivity contribution in [3.05, 3.63) is 29.3 Å². The summed E-state index contributed by atoms with van der Waals surface area (Å²) in [5.41, 5.74) is 0.271. The Balaban J connectivity index is 2.63. The lowest BCUT2D eigenvalue weighted by Gasteiger charge is -2.31. The van der Waals surface area contributed by atoms with Gasteiger partial charge in [0.25, 0.3) is 5.91 Å². The molecule has 1 aromatic carbocycles. The second-order valence-electron chi connectivity index (χ2n) is 5.44. The average Bonchev–Trinajstić information content (AvgIpc) is 2.79. The van der Waals surface area contributed by atoms with Gasteiger partial charge in [0.15, 0.2) is 5.92 Å². The summed E-state index contributed by atoms with van der Waals surface area (Å²) < 4.78 is 50.1. The monoisotopic (exact) mass is 345 g/mol. The van der Waals surface area contributed by atoms with Crippen LogP contribution in [0.1, 0.15) is 35.3 Å². The van der Waals surface area contributed by atoms with Crippen molar-refractivity contribution < 1.29 is 32.2 Å². The maximum atomic E-state index is 13.6. The van der Waals surface area contributed by atoms with Gasteiger partial charge in [0.05, 0.1) is 20.3 Å². The van der Waals surface area contributed by atoms with E-state index in [4.69, 9.17) is 4.74 Å². The number of ether oxygens (including phenoxy) is 2. The molecule has 0 spiro atoms. The van der Waals surface area contributed by atoms with Gasteiger partial charge in [0.1, 0.15) is 5.75 Å². The maximum absolute atomic E-state index is 13.6. The molecule has 1 aliphatic heterocycles. The SMILES string of the molecule is CCCN1C(=O)c2ccc(OC)cc2C1C(C(=O)OC)C(F)(F)F. The highest BCUT2D eigenvalue weighted by atomic mass is 19.4. The van der Waals surface area contributed by atoms with Crippen LogP contribution in [0.5, 0.6) is 5.75 Å². The minimum atomic E-state index is -4.85. The van der Waals surface area contributed by atoms with Crippen LogP contribution < -0.4 is 4.74 Å². The molecule has 1 aliphatic rings. The Kier molecular flexibility index (Phi) is 5.05. The van der Waals surface area contributed by atoms with Gasteiger partial charge in [0.2, 0.25) is 0 Å². The quantitative estimate of drug-likeness (QED) is 0.770. The summed E-state index contributed by atoms with van der Waals surface area (Å²) in [4.78, 5) is 25.4. The zero-order chi connectivity index (χ0) is 18.1. The van der Waals surface area contributed by atoms with Crippen molar-refractivity contribution in [2.75, 3.05) is 20.8 Å². The molecule has 2 unspecified atom stereocenters. The molecular weight excluding hydrogens is 327 g/mol. The Morgan fingerprint density at radius 1 is 1.33 bits per heavy atom. The van der Waals surface area contributed by atoms with Gasteiger partial charge in [-0.3, -0.25) is 9.59 Å². The fourth-order valence-corrected chi connectivity index (χ4v) is 2.97. The number of nitrogens with zero attached hydrogens (tertiary/aromatic N) is 1. The summed E-state index contributed by atoms with van der Waals surface area (Å²) in [6.07, 6.45) is -4.40. The summed E-state index contributed by atoms with van der Waals surface area (Å²) in [6.45, 7) is 1.85. The number of rotatable bonds is 5. The largest absolute Gasteiger partial charge is 0.497 e. The third kappa shape index (κ3) is 3.05. The van der Waals surface area contributed by atoms with Crippen molar-refractivity contribution in [3.8, 4) is 5.75 Å². The molecule has 1 aromatic rings. The van der Waals surface area contributed by atoms with Gasteiger partial charge >= 0.3 is 12.1 Å². The van der Waals surface area contributed by atoms with E-state index in [0.717, 1.165) is 12.0 Å². The summed E-state index contributed by atoms with van der Waals surface area (Å²) >= 11 is 0. The van der Waals surface area contributed by atoms with Crippen LogP contribution in [0.3, 0.4) is 0 Å². The van der Waals surface area contributed by atoms with E-state index >= 15 is 0 Å². The van der Waals surface area contributed by atoms with E-state index in [-0.39, 0.29) is 17.7 Å². The third-order valence-electron chi connectivity index (χ3n) is 3.99. The number of alkyl halides is 3. The molecule has 0 N–H and O–H groups in total. The van der Waals surface area contributed by atoms with Crippen LogP contribution in [0.15, 0.2) is 18.2 Å². The third-order valence-corrected chi connectivity index (χ3v) is 3.99. The molecule has 1 heterocycles. The molecule has 2 atom stereocenters. The predicted octanol–water partition coefficient (Wildman–Crippen LogP) is 2.95. The molecule has 8 heteroatoms. The number of hydrogen-bond donors (Lipinski definition) is 0. The molecule has 24 heavy (non-hydrogen) atoms. The Morgan fingerprint density at radius 2 is 2.00 bits per heavy atom. The van der Waals surface area contributed by atoms with Gasteiger partial charge in [-0.05, 0) is 30.2 Å². The van der Waals surface area contributed by atoms with E-state index < -0.39 is 30.0 Å². The van der Waals surface area contributed by atoms with Crippen molar-refractivity contribution in [1.29, 1.82) is 0 Å². The van der Waals surface area contributed by atoms with Gasteiger partial charge < -0.3 is 14.4 Å². The molecule has 0 bridgehead atoms. The van der Waals surface area contributed by atoms with Crippen molar-refractivity contribution in [1.82, 2.24) is 4.90 Å². The molecule has 0 saturated carbocycles. The molecule has 0 saturated heterocycles. The van der Waals surface area contributed by atoms with Crippen molar-refractivity contribution in [2.24, 2.45) is 5.92 Å². The number of benzene rings is 1. The van der Waals surface area contributed by atoms with Crippen LogP contribution in [-0.4, -0.2) is 43.7 Å². The van der Waals surface area contributed by atoms with E-state index in [1.807, 2.05) is 0 Å². The Hall–Kier alpha value is -2.25. The molecular formula is C16H18F3NO4. The first kappa shape index (κ1) is 18.1. The van der Waals surface area contributed by atoms with Crippen LogP contribution in [-0.2, 0) is 9.53 Å². The van der Waals surface area contributed by atoms with Crippen molar-refractivity contribution >= 4 is 11.9 Å². The fourth-order valence-electron chi connectivity index (χ4n) is 2.97. The lowest BCUT2D eigenvalue weighted by molar-refractivity contribution is -0.206. The van der Waals surface area contributed by atoms with Crippen LogP contribution in [0.4, 0.5) is 13.2 Å². The number of carbonyl (C=O) groups excluding carboxylic acids is 2. The molecule has 1 amide bonds. The molecule has 2 rings (SSSR count). The van der Waals surface area contributed by atoms with E-state index in [9.17, 15) is 22.8 Å². The van der Waals surface area contributed by atoms with Gasteiger partial charge in [-0.1, -0.05) is 6.92 Å². The zero-order valence-corrected chi connectivity index (χ0v) is 13.5. The number of fused-ring (bicyclic) bond motifs is 1. The minimum absolute atomic E-state index is 0.101. The lowest BCUT2D eigenvalue weighted by Crippen LogP contribution is -2.43. The summed E-state index contributed by atoms with van der Waals surface area (Å²) in [6, 6.07) is 2.83. The highest BCUT2D eigenvalue weighted by Gasteiger charge is 2.56. The first-order valence-corrected chi connectivity index (χ1v) is 7.39. The van der Waals surface area contributed by atoms with Gasteiger partial charge in [-0.2, -0.15) is 13.2 Å². The van der Waals surface area contributed by atoms with Crippen LogP contribution in [0.2, 0.25) is 0 Å². The second kappa shape index (κ2) is 6.70. The summed E-state index contributed by atoms with van der Waals surface area (Å²) in [5.74, 6) is -4.09. The number of esters is 1. The first-order valence-electron chi connectivity index (χ1n) is 7.39. The Morgan fingerprint density at radius 3 is 2.50 bits per heavy atom. The molecule has 0 aliphatic carbocycles. The van der Waals surface area contributed by atoms with Crippen LogP contribution in [0, 0.1) is 5.92 Å². The summed E-state index contributed by atoms with van der Waals surface area (Å²) in [7, 11) is 2.27. The van der Waals surface area contributed by atoms with Gasteiger partial charge in [0, 0.05) is 12.1 Å². The molecule has 0 radical (unpaired) electrons. The van der Waals surface area contributed by atoms with E-state index in [1.54, 1.807) is 6.92 Å². The standard InChI is InChI=1S/C16H18F3NO4/c1-4-7-20-13(12(15(22)24-3)16(17,18)19)11-8-9(23-2)5-6-10(11)14(20)21/h5-6,8,12-13H,4,7H2,1-3H3. The molecule has 0 aromatic heterocycles. The normalized spacial score (nSPS) is 18.3. The minimum Gasteiger partial charge on any atom is -0.497 e. The van der Waals surface area contributed by atoms with Gasteiger partial charge in [-0.25, -0.2) is 0 Å². The number of carbonyl (C=O) groups is 2. The highest BCUT2D eigenvalue weighted by molar-refractivity contribution is 6.00. The highest BCUT2D eigenvalue weighted by Crippen LogP contribution is 2.46. The number of halogens is 3. The van der Waals surface area contributed by atoms with E-state index in [2.05, 4.69) is 4.74 Å². The first-order chi connectivity index (χ1) is 11.3. The van der Waals surface area contributed by atoms with Crippen molar-refractivity contribution in [2.45, 2.75) is 25.6 Å². The smallest absolute Gasteiger partial charge is 0.404 e. The number of hydrogen-bond acceptors (Lipinski definition) is 4. The van der Waals surface area contributed by atoms with Crippen LogP contribution >= 0.6 is 0 Å². The zero-order valence-electron chi connectivity index (χ0n) is 13.5. The Bertz CT molecular complexity index is 645. The predicted molar refractivity (Wildman–Crippen MR) is 78.6 cm³/mol. The second-order valence-corrected chi connectivity index (χ2v) is 5.44. The molecule has 0 fully saturated rings. The topological polar surface area (TPSA) is 55.8 Å².